The number of hydrogen-bond acceptors (Lipinski definition) is 9. The number of thiophene rings is 1. The first-order valence-corrected chi connectivity index (χ1v) is 11.8. The quantitative estimate of drug-likeness (QED) is 0.358. The number of amides is 1. The van der Waals surface area contributed by atoms with Gasteiger partial charge >= 0.3 is 23.9 Å². The fourth-order valence-corrected chi connectivity index (χ4v) is 4.28. The lowest BCUT2D eigenvalue weighted by molar-refractivity contribution is -0.159. The van der Waals surface area contributed by atoms with Crippen LogP contribution in [-0.4, -0.2) is 77.7 Å². The number of nitrogens with zero attached hydrogens (tertiary/aromatic N) is 1. The largest absolute Gasteiger partial charge is 0.473 e. The summed E-state index contributed by atoms with van der Waals surface area (Å²) < 4.78 is 10.2. The minimum atomic E-state index is -1.82. The lowest BCUT2D eigenvalue weighted by Crippen LogP contribution is -2.35. The van der Waals surface area contributed by atoms with E-state index in [0.29, 0.717) is 28.4 Å². The second-order valence-corrected chi connectivity index (χ2v) is 8.65. The van der Waals surface area contributed by atoms with Crippen LogP contribution < -0.4 is 5.32 Å². The summed E-state index contributed by atoms with van der Waals surface area (Å²) in [6, 6.07) is 0. The van der Waals surface area contributed by atoms with E-state index in [4.69, 9.17) is 29.3 Å². The maximum atomic E-state index is 12.5. The lowest BCUT2D eigenvalue weighted by atomic mass is 9.99. The highest BCUT2D eigenvalue weighted by Gasteiger charge is 2.27. The number of carboxylic acids is 2. The minimum Gasteiger partial charge on any atom is -0.473 e. The first-order valence-electron chi connectivity index (χ1n) is 11.0. The summed E-state index contributed by atoms with van der Waals surface area (Å²) in [6.07, 6.45) is 2.64. The summed E-state index contributed by atoms with van der Waals surface area (Å²) in [5.74, 6) is -4.14. The van der Waals surface area contributed by atoms with E-state index in [0.717, 1.165) is 43.2 Å². The van der Waals surface area contributed by atoms with Gasteiger partial charge in [0.25, 0.3) is 0 Å². The molecule has 1 aromatic heterocycles. The number of rotatable bonds is 8. The summed E-state index contributed by atoms with van der Waals surface area (Å²) in [7, 11) is 0. The van der Waals surface area contributed by atoms with Crippen LogP contribution in [0.2, 0.25) is 0 Å². The van der Waals surface area contributed by atoms with Gasteiger partial charge in [-0.25, -0.2) is 19.2 Å². The molecule has 12 heteroatoms. The molecule has 1 aromatic rings. The maximum absolute atomic E-state index is 12.5. The van der Waals surface area contributed by atoms with Gasteiger partial charge in [0.15, 0.2) is 0 Å². The molecule has 0 spiro atoms. The van der Waals surface area contributed by atoms with E-state index < -0.39 is 23.9 Å². The molecule has 1 amide bonds. The van der Waals surface area contributed by atoms with Crippen LogP contribution in [0, 0.1) is 12.8 Å². The minimum absolute atomic E-state index is 0.180. The topological polar surface area (TPSA) is 160 Å². The number of carbonyl (C=O) groups excluding carboxylic acids is 3. The zero-order chi connectivity index (χ0) is 25.8. The average molecular weight is 501 g/mol. The van der Waals surface area contributed by atoms with E-state index in [2.05, 4.69) is 17.1 Å². The second-order valence-electron chi connectivity index (χ2n) is 7.63. The predicted molar refractivity (Wildman–Crippen MR) is 124 cm³/mol. The van der Waals surface area contributed by atoms with Gasteiger partial charge in [0.05, 0.1) is 18.8 Å². The van der Waals surface area contributed by atoms with E-state index in [1.807, 2.05) is 0 Å². The Hall–Kier alpha value is -2.99. The van der Waals surface area contributed by atoms with E-state index >= 15 is 0 Å². The monoisotopic (exact) mass is 500 g/mol. The molecule has 1 fully saturated rings. The Morgan fingerprint density at radius 3 is 2.03 bits per heavy atom. The molecule has 0 radical (unpaired) electrons. The van der Waals surface area contributed by atoms with Crippen LogP contribution in [0.15, 0.2) is 0 Å². The maximum Gasteiger partial charge on any atom is 0.414 e. The van der Waals surface area contributed by atoms with Gasteiger partial charge in [-0.1, -0.05) is 6.92 Å². The molecule has 0 saturated carbocycles. The van der Waals surface area contributed by atoms with Crippen molar-refractivity contribution < 1.29 is 43.7 Å². The van der Waals surface area contributed by atoms with Crippen molar-refractivity contribution in [3.05, 3.63) is 16.0 Å². The summed E-state index contributed by atoms with van der Waals surface area (Å²) in [6.45, 7) is 10.5. The first-order chi connectivity index (χ1) is 16.0. The number of aliphatic carboxylic acids is 2. The van der Waals surface area contributed by atoms with Crippen LogP contribution in [0.25, 0.3) is 0 Å². The Morgan fingerprint density at radius 1 is 1.00 bits per heavy atom. The molecule has 0 atom stereocenters. The molecule has 0 bridgehead atoms. The summed E-state index contributed by atoms with van der Waals surface area (Å²) in [4.78, 5) is 57.8. The van der Waals surface area contributed by atoms with Crippen molar-refractivity contribution in [2.45, 2.75) is 47.0 Å². The third-order valence-electron chi connectivity index (χ3n) is 5.05. The fourth-order valence-electron chi connectivity index (χ4n) is 3.18. The number of carboxylic acid groups (broad SMARTS) is 2. The van der Waals surface area contributed by atoms with Crippen LogP contribution in [0.1, 0.15) is 65.6 Å². The Bertz CT molecular complexity index is 877. The molecular formula is C22H32N2O9S. The molecule has 1 aliphatic rings. The number of piperidine rings is 1. The zero-order valence-electron chi connectivity index (χ0n) is 19.8. The smallest absolute Gasteiger partial charge is 0.414 e. The molecule has 0 aromatic carbocycles. The molecule has 190 valence electrons. The van der Waals surface area contributed by atoms with Gasteiger partial charge in [-0.3, -0.25) is 4.79 Å². The van der Waals surface area contributed by atoms with Crippen LogP contribution >= 0.6 is 11.3 Å². The number of nitrogens with one attached hydrogen (secondary N) is 1. The van der Waals surface area contributed by atoms with Gasteiger partial charge in [-0.15, -0.1) is 11.3 Å². The van der Waals surface area contributed by atoms with Gasteiger partial charge in [0.2, 0.25) is 5.91 Å². The highest BCUT2D eigenvalue weighted by Crippen LogP contribution is 2.34. The molecule has 2 heterocycles. The van der Waals surface area contributed by atoms with Crippen LogP contribution in [-0.2, 0) is 23.9 Å². The molecule has 0 unspecified atom stereocenters. The summed E-state index contributed by atoms with van der Waals surface area (Å²) in [5.41, 5.74) is 0.706. The van der Waals surface area contributed by atoms with Gasteiger partial charge < -0.3 is 29.9 Å². The molecule has 2 rings (SSSR count). The standard InChI is InChI=1S/C20H30N2O5S.C2H2O4/c1-5-26-19(24)16-14(4)17(20(25)27-6-2)28-18(16)21-15(23)9-12-22-10-7-13(3)8-11-22;3-1(4)2(5)6/h13H,5-12H2,1-4H3,(H,21,23);(H,3,4)(H,5,6). The van der Waals surface area contributed by atoms with Crippen LogP contribution in [0.5, 0.6) is 0 Å². The number of anilines is 1. The van der Waals surface area contributed by atoms with Crippen molar-refractivity contribution in [1.29, 1.82) is 0 Å². The summed E-state index contributed by atoms with van der Waals surface area (Å²) in [5, 5.41) is 17.9. The lowest BCUT2D eigenvalue weighted by Gasteiger charge is -2.29. The Morgan fingerprint density at radius 2 is 1.53 bits per heavy atom. The van der Waals surface area contributed by atoms with Gasteiger partial charge in [-0.2, -0.15) is 0 Å². The normalized spacial score (nSPS) is 13.9. The van der Waals surface area contributed by atoms with Crippen molar-refractivity contribution in [3.63, 3.8) is 0 Å². The Balaban J connectivity index is 0.000000852. The van der Waals surface area contributed by atoms with Crippen molar-refractivity contribution in [3.8, 4) is 0 Å². The molecule has 0 aliphatic carbocycles. The first kappa shape index (κ1) is 29.0. The van der Waals surface area contributed by atoms with Gasteiger partial charge in [-0.05, 0) is 58.2 Å². The van der Waals surface area contributed by atoms with E-state index in [-0.39, 0.29) is 24.7 Å². The number of likely N-dealkylation sites (tertiary alicyclic amines) is 1. The Kier molecular flexibility index (Phi) is 12.2. The molecule has 1 aliphatic heterocycles. The summed E-state index contributed by atoms with van der Waals surface area (Å²) >= 11 is 1.06. The molecular weight excluding hydrogens is 468 g/mol. The van der Waals surface area contributed by atoms with Crippen molar-refractivity contribution >= 4 is 46.1 Å². The van der Waals surface area contributed by atoms with Crippen LogP contribution in [0.3, 0.4) is 0 Å². The second kappa shape index (κ2) is 14.3. The van der Waals surface area contributed by atoms with E-state index in [1.165, 1.54) is 0 Å². The number of carbonyl (C=O) groups is 5. The SMILES string of the molecule is CCOC(=O)c1sc(NC(=O)CCN2CCC(C)CC2)c(C(=O)OCC)c1C.O=C(O)C(=O)O. The van der Waals surface area contributed by atoms with E-state index in [9.17, 15) is 14.4 Å². The van der Waals surface area contributed by atoms with E-state index in [1.54, 1.807) is 20.8 Å². The number of ether oxygens (including phenoxy) is 2. The highest BCUT2D eigenvalue weighted by molar-refractivity contribution is 7.18. The van der Waals surface area contributed by atoms with Gasteiger partial charge in [0, 0.05) is 13.0 Å². The molecule has 1 saturated heterocycles. The molecule has 34 heavy (non-hydrogen) atoms. The highest BCUT2D eigenvalue weighted by atomic mass is 32.1. The van der Waals surface area contributed by atoms with Crippen LogP contribution in [0.4, 0.5) is 5.00 Å². The molecule has 11 nitrogen and oxygen atoms in total. The average Bonchev–Trinajstić information content (AvgIpc) is 3.09. The predicted octanol–water partition coefficient (Wildman–Crippen LogP) is 2.63. The molecule has 3 N–H and O–H groups in total. The Labute approximate surface area is 202 Å². The zero-order valence-corrected chi connectivity index (χ0v) is 20.7. The van der Waals surface area contributed by atoms with Crippen molar-refractivity contribution in [2.24, 2.45) is 5.92 Å². The number of esters is 2. The van der Waals surface area contributed by atoms with Crippen molar-refractivity contribution in [2.75, 3.05) is 38.2 Å². The van der Waals surface area contributed by atoms with Crippen molar-refractivity contribution in [1.82, 2.24) is 4.90 Å². The van der Waals surface area contributed by atoms with Gasteiger partial charge in [0.1, 0.15) is 9.88 Å². The third-order valence-corrected chi connectivity index (χ3v) is 6.24. The fraction of sp³-hybridized carbons (Fsp3) is 0.591. The third kappa shape index (κ3) is 9.10. The number of hydrogen-bond donors (Lipinski definition) is 3.